The second kappa shape index (κ2) is 4.97. The molecule has 0 aromatic carbocycles. The zero-order chi connectivity index (χ0) is 9.73. The Bertz CT molecular complexity index is 139. The van der Waals surface area contributed by atoms with Gasteiger partial charge in [-0.05, 0) is 30.8 Å². The lowest BCUT2D eigenvalue weighted by molar-refractivity contribution is 0.280. The zero-order valence-electron chi connectivity index (χ0n) is 9.10. The van der Waals surface area contributed by atoms with Gasteiger partial charge in [-0.3, -0.25) is 0 Å². The molecule has 1 rings (SSSR count). The van der Waals surface area contributed by atoms with Crippen molar-refractivity contribution < 1.29 is 0 Å². The summed E-state index contributed by atoms with van der Waals surface area (Å²) < 4.78 is 0. The highest BCUT2D eigenvalue weighted by molar-refractivity contribution is 4.74. The lowest BCUT2D eigenvalue weighted by atomic mass is 9.83. The summed E-state index contributed by atoms with van der Waals surface area (Å²) in [4.78, 5) is 0. The van der Waals surface area contributed by atoms with Gasteiger partial charge in [-0.2, -0.15) is 0 Å². The molecule has 0 aromatic rings. The molecule has 1 aliphatic rings. The maximum atomic E-state index is 5.65. The van der Waals surface area contributed by atoms with Crippen LogP contribution in [0, 0.1) is 11.3 Å². The first kappa shape index (κ1) is 11.0. The van der Waals surface area contributed by atoms with E-state index in [0.717, 1.165) is 19.0 Å². The highest BCUT2D eigenvalue weighted by atomic mass is 14.9. The van der Waals surface area contributed by atoms with Gasteiger partial charge in [0.1, 0.15) is 0 Å². The first-order valence-corrected chi connectivity index (χ1v) is 5.55. The van der Waals surface area contributed by atoms with E-state index in [1.807, 2.05) is 0 Å². The Morgan fingerprint density at radius 1 is 1.38 bits per heavy atom. The molecule has 78 valence electrons. The maximum absolute atomic E-state index is 5.65. The molecule has 2 heteroatoms. The van der Waals surface area contributed by atoms with Gasteiger partial charge in [0, 0.05) is 6.54 Å². The quantitative estimate of drug-likeness (QED) is 0.617. The number of hydrogen-bond donors (Lipinski definition) is 2. The summed E-state index contributed by atoms with van der Waals surface area (Å²) in [6.45, 7) is 7.42. The summed E-state index contributed by atoms with van der Waals surface area (Å²) in [6, 6.07) is 0. The SMILES string of the molecule is CC(C)(CN)CNCCC1CCC1. The standard InChI is InChI=1S/C11H24N2/c1-11(2,8-12)9-13-7-6-10-4-3-5-10/h10,13H,3-9,12H2,1-2H3. The molecule has 1 aliphatic carbocycles. The Hall–Kier alpha value is -0.0800. The lowest BCUT2D eigenvalue weighted by Gasteiger charge is -2.27. The third-order valence-corrected chi connectivity index (χ3v) is 3.11. The fourth-order valence-corrected chi connectivity index (χ4v) is 1.59. The molecule has 0 amide bonds. The van der Waals surface area contributed by atoms with Gasteiger partial charge in [0.2, 0.25) is 0 Å². The maximum Gasteiger partial charge on any atom is 0.00146 e. The molecule has 0 aromatic heterocycles. The van der Waals surface area contributed by atoms with Crippen molar-refractivity contribution in [3.63, 3.8) is 0 Å². The van der Waals surface area contributed by atoms with Crippen molar-refractivity contribution in [1.29, 1.82) is 0 Å². The number of hydrogen-bond acceptors (Lipinski definition) is 2. The van der Waals surface area contributed by atoms with E-state index in [4.69, 9.17) is 5.73 Å². The minimum atomic E-state index is 0.264. The lowest BCUT2D eigenvalue weighted by Crippen LogP contribution is -2.36. The van der Waals surface area contributed by atoms with E-state index >= 15 is 0 Å². The molecule has 1 fully saturated rings. The predicted octanol–water partition coefficient (Wildman–Crippen LogP) is 1.75. The zero-order valence-corrected chi connectivity index (χ0v) is 9.10. The third kappa shape index (κ3) is 4.10. The van der Waals surface area contributed by atoms with E-state index in [1.54, 1.807) is 0 Å². The molecule has 0 radical (unpaired) electrons. The first-order chi connectivity index (χ1) is 6.14. The molecule has 1 saturated carbocycles. The van der Waals surface area contributed by atoms with Crippen LogP contribution in [-0.4, -0.2) is 19.6 Å². The summed E-state index contributed by atoms with van der Waals surface area (Å²) in [6.07, 6.45) is 5.74. The van der Waals surface area contributed by atoms with Crippen molar-refractivity contribution in [3.8, 4) is 0 Å². The first-order valence-electron chi connectivity index (χ1n) is 5.55. The Morgan fingerprint density at radius 2 is 2.08 bits per heavy atom. The van der Waals surface area contributed by atoms with Crippen LogP contribution in [0.15, 0.2) is 0 Å². The van der Waals surface area contributed by atoms with Gasteiger partial charge in [-0.15, -0.1) is 0 Å². The molecular formula is C11H24N2. The van der Waals surface area contributed by atoms with Gasteiger partial charge >= 0.3 is 0 Å². The summed E-state index contributed by atoms with van der Waals surface area (Å²) in [5.74, 6) is 1.02. The normalized spacial score (nSPS) is 18.7. The minimum Gasteiger partial charge on any atom is -0.330 e. The van der Waals surface area contributed by atoms with Gasteiger partial charge in [0.15, 0.2) is 0 Å². The highest BCUT2D eigenvalue weighted by Crippen LogP contribution is 2.28. The van der Waals surface area contributed by atoms with E-state index in [0.29, 0.717) is 0 Å². The van der Waals surface area contributed by atoms with Gasteiger partial charge in [0.25, 0.3) is 0 Å². The molecule has 0 bridgehead atoms. The van der Waals surface area contributed by atoms with Gasteiger partial charge < -0.3 is 11.1 Å². The van der Waals surface area contributed by atoms with Crippen LogP contribution in [0.3, 0.4) is 0 Å². The second-order valence-corrected chi connectivity index (χ2v) is 5.13. The van der Waals surface area contributed by atoms with Crippen LogP contribution >= 0.6 is 0 Å². The fourth-order valence-electron chi connectivity index (χ4n) is 1.59. The molecule has 2 nitrogen and oxygen atoms in total. The molecule has 0 aliphatic heterocycles. The second-order valence-electron chi connectivity index (χ2n) is 5.13. The van der Waals surface area contributed by atoms with E-state index in [2.05, 4.69) is 19.2 Å². The van der Waals surface area contributed by atoms with Crippen LogP contribution in [0.1, 0.15) is 39.5 Å². The van der Waals surface area contributed by atoms with Crippen LogP contribution in [-0.2, 0) is 0 Å². The van der Waals surface area contributed by atoms with Crippen LogP contribution in [0.25, 0.3) is 0 Å². The van der Waals surface area contributed by atoms with E-state index in [-0.39, 0.29) is 5.41 Å². The van der Waals surface area contributed by atoms with Crippen molar-refractivity contribution in [1.82, 2.24) is 5.32 Å². The van der Waals surface area contributed by atoms with Crippen LogP contribution in [0.4, 0.5) is 0 Å². The van der Waals surface area contributed by atoms with Crippen molar-refractivity contribution in [2.75, 3.05) is 19.6 Å². The molecular weight excluding hydrogens is 160 g/mol. The summed E-state index contributed by atoms with van der Waals surface area (Å²) in [5, 5.41) is 3.50. The average Bonchev–Trinajstić information content (AvgIpc) is 2.01. The molecule has 0 atom stereocenters. The molecule has 0 heterocycles. The molecule has 13 heavy (non-hydrogen) atoms. The smallest absolute Gasteiger partial charge is 0.00146 e. The van der Waals surface area contributed by atoms with Gasteiger partial charge in [-0.25, -0.2) is 0 Å². The largest absolute Gasteiger partial charge is 0.330 e. The van der Waals surface area contributed by atoms with Crippen molar-refractivity contribution in [3.05, 3.63) is 0 Å². The molecule has 0 unspecified atom stereocenters. The number of nitrogens with one attached hydrogen (secondary N) is 1. The third-order valence-electron chi connectivity index (χ3n) is 3.11. The van der Waals surface area contributed by atoms with Crippen molar-refractivity contribution in [2.45, 2.75) is 39.5 Å². The van der Waals surface area contributed by atoms with Gasteiger partial charge in [0.05, 0.1) is 0 Å². The van der Waals surface area contributed by atoms with E-state index in [1.165, 1.54) is 32.2 Å². The van der Waals surface area contributed by atoms with Crippen LogP contribution in [0.5, 0.6) is 0 Å². The minimum absolute atomic E-state index is 0.264. The fraction of sp³-hybridized carbons (Fsp3) is 1.00. The number of nitrogens with two attached hydrogens (primary N) is 1. The summed E-state index contributed by atoms with van der Waals surface area (Å²) >= 11 is 0. The highest BCUT2D eigenvalue weighted by Gasteiger charge is 2.18. The van der Waals surface area contributed by atoms with E-state index in [9.17, 15) is 0 Å². The van der Waals surface area contributed by atoms with Crippen LogP contribution < -0.4 is 11.1 Å². The van der Waals surface area contributed by atoms with Crippen molar-refractivity contribution in [2.24, 2.45) is 17.1 Å². The Labute approximate surface area is 82.3 Å². The van der Waals surface area contributed by atoms with Crippen LogP contribution in [0.2, 0.25) is 0 Å². The Morgan fingerprint density at radius 3 is 2.54 bits per heavy atom. The molecule has 0 spiro atoms. The average molecular weight is 184 g/mol. The van der Waals surface area contributed by atoms with E-state index < -0.39 is 0 Å². The summed E-state index contributed by atoms with van der Waals surface area (Å²) in [7, 11) is 0. The molecule has 3 N–H and O–H groups in total. The number of rotatable bonds is 6. The Kier molecular flexibility index (Phi) is 4.20. The van der Waals surface area contributed by atoms with Crippen molar-refractivity contribution >= 4 is 0 Å². The summed E-state index contributed by atoms with van der Waals surface area (Å²) in [5.41, 5.74) is 5.91. The molecule has 0 saturated heterocycles. The Balaban J connectivity index is 1.93. The topological polar surface area (TPSA) is 38.0 Å². The monoisotopic (exact) mass is 184 g/mol. The predicted molar refractivity (Wildman–Crippen MR) is 57.7 cm³/mol. The van der Waals surface area contributed by atoms with Gasteiger partial charge in [-0.1, -0.05) is 33.1 Å².